The molecule has 0 amide bonds. The summed E-state index contributed by atoms with van der Waals surface area (Å²) in [5.74, 6) is 0. The molecule has 0 saturated heterocycles. The van der Waals surface area contributed by atoms with Gasteiger partial charge in [-0.1, -0.05) is 12.2 Å². The number of thiophene rings is 1. The summed E-state index contributed by atoms with van der Waals surface area (Å²) in [4.78, 5) is 1.84. The van der Waals surface area contributed by atoms with Crippen LogP contribution in [-0.2, 0) is 12.8 Å². The molecule has 1 aromatic rings. The third kappa shape index (κ3) is 1.03. The SMILES string of the molecule is NC(=S)c1c(N)sc2c1CCC2. The minimum atomic E-state index is 0.451. The maximum Gasteiger partial charge on any atom is 0.107 e. The Morgan fingerprint density at radius 2 is 2.17 bits per heavy atom. The Labute approximate surface area is 80.6 Å². The van der Waals surface area contributed by atoms with Crippen molar-refractivity contribution in [3.05, 3.63) is 16.0 Å². The average molecular weight is 198 g/mol. The van der Waals surface area contributed by atoms with E-state index in [0.717, 1.165) is 23.4 Å². The summed E-state index contributed by atoms with van der Waals surface area (Å²) in [6.07, 6.45) is 3.46. The van der Waals surface area contributed by atoms with Crippen molar-refractivity contribution in [3.8, 4) is 0 Å². The number of nitrogen functional groups attached to an aromatic ring is 1. The molecule has 0 radical (unpaired) electrons. The molecule has 0 atom stereocenters. The minimum Gasteiger partial charge on any atom is -0.390 e. The third-order valence-electron chi connectivity index (χ3n) is 2.19. The fourth-order valence-corrected chi connectivity index (χ4v) is 3.17. The van der Waals surface area contributed by atoms with Crippen molar-refractivity contribution in [3.63, 3.8) is 0 Å². The molecule has 1 aliphatic rings. The molecule has 1 heterocycles. The molecule has 0 unspecified atom stereocenters. The summed E-state index contributed by atoms with van der Waals surface area (Å²) in [6.45, 7) is 0. The molecule has 0 spiro atoms. The third-order valence-corrected chi connectivity index (χ3v) is 3.52. The van der Waals surface area contributed by atoms with E-state index in [4.69, 9.17) is 23.7 Å². The first-order chi connectivity index (χ1) is 5.70. The molecule has 2 rings (SSSR count). The maximum absolute atomic E-state index is 5.80. The minimum absolute atomic E-state index is 0.451. The van der Waals surface area contributed by atoms with Crippen LogP contribution in [0.1, 0.15) is 22.4 Å². The molecule has 0 fully saturated rings. The van der Waals surface area contributed by atoms with Crippen molar-refractivity contribution in [2.24, 2.45) is 5.73 Å². The van der Waals surface area contributed by atoms with Gasteiger partial charge in [0.05, 0.1) is 5.00 Å². The van der Waals surface area contributed by atoms with E-state index in [0.29, 0.717) is 4.99 Å². The van der Waals surface area contributed by atoms with Crippen molar-refractivity contribution >= 4 is 33.5 Å². The summed E-state index contributed by atoms with van der Waals surface area (Å²) < 4.78 is 0. The van der Waals surface area contributed by atoms with Crippen LogP contribution in [0.25, 0.3) is 0 Å². The van der Waals surface area contributed by atoms with Crippen LogP contribution in [0.4, 0.5) is 5.00 Å². The lowest BCUT2D eigenvalue weighted by atomic mass is 10.1. The van der Waals surface area contributed by atoms with Crippen LogP contribution < -0.4 is 11.5 Å². The van der Waals surface area contributed by atoms with Gasteiger partial charge in [0, 0.05) is 10.4 Å². The molecule has 64 valence electrons. The van der Waals surface area contributed by atoms with Crippen LogP contribution in [0.15, 0.2) is 0 Å². The molecule has 0 aliphatic heterocycles. The van der Waals surface area contributed by atoms with Gasteiger partial charge in [0.2, 0.25) is 0 Å². The second-order valence-electron chi connectivity index (χ2n) is 2.96. The second kappa shape index (κ2) is 2.71. The van der Waals surface area contributed by atoms with Gasteiger partial charge in [0.1, 0.15) is 4.99 Å². The highest BCUT2D eigenvalue weighted by molar-refractivity contribution is 7.80. The summed E-state index contributed by atoms with van der Waals surface area (Å²) in [7, 11) is 0. The van der Waals surface area contributed by atoms with E-state index in [1.165, 1.54) is 16.9 Å². The van der Waals surface area contributed by atoms with E-state index in [-0.39, 0.29) is 0 Å². The fourth-order valence-electron chi connectivity index (χ4n) is 1.70. The molecule has 1 aromatic heterocycles. The van der Waals surface area contributed by atoms with Gasteiger partial charge in [-0.05, 0) is 24.8 Å². The lowest BCUT2D eigenvalue weighted by molar-refractivity contribution is 0.914. The van der Waals surface area contributed by atoms with Gasteiger partial charge in [-0.25, -0.2) is 0 Å². The molecule has 2 nitrogen and oxygen atoms in total. The predicted molar refractivity (Wildman–Crippen MR) is 56.6 cm³/mol. The van der Waals surface area contributed by atoms with Crippen molar-refractivity contribution in [2.75, 3.05) is 5.73 Å². The fraction of sp³-hybridized carbons (Fsp3) is 0.375. The number of hydrogen-bond acceptors (Lipinski definition) is 3. The van der Waals surface area contributed by atoms with E-state index >= 15 is 0 Å². The number of aryl methyl sites for hydroxylation is 1. The highest BCUT2D eigenvalue weighted by Crippen LogP contribution is 2.36. The van der Waals surface area contributed by atoms with Gasteiger partial charge in [0.15, 0.2) is 0 Å². The zero-order valence-corrected chi connectivity index (χ0v) is 8.23. The molecule has 0 aromatic carbocycles. The van der Waals surface area contributed by atoms with Gasteiger partial charge in [-0.2, -0.15) is 0 Å². The molecular weight excluding hydrogens is 188 g/mol. The van der Waals surface area contributed by atoms with Crippen LogP contribution in [0.2, 0.25) is 0 Å². The normalized spacial score (nSPS) is 14.7. The Morgan fingerprint density at radius 1 is 1.42 bits per heavy atom. The largest absolute Gasteiger partial charge is 0.390 e. The molecular formula is C8H10N2S2. The molecule has 0 bridgehead atoms. The first kappa shape index (κ1) is 8.01. The molecule has 12 heavy (non-hydrogen) atoms. The Hall–Kier alpha value is -0.610. The van der Waals surface area contributed by atoms with Crippen LogP contribution in [0.3, 0.4) is 0 Å². The maximum atomic E-state index is 5.80. The predicted octanol–water partition coefficient (Wildman–Crippen LogP) is 1.45. The van der Waals surface area contributed by atoms with Crippen LogP contribution in [0.5, 0.6) is 0 Å². The smallest absolute Gasteiger partial charge is 0.107 e. The quantitative estimate of drug-likeness (QED) is 0.672. The van der Waals surface area contributed by atoms with Crippen LogP contribution >= 0.6 is 23.6 Å². The van der Waals surface area contributed by atoms with E-state index in [2.05, 4.69) is 0 Å². The van der Waals surface area contributed by atoms with Crippen molar-refractivity contribution in [1.82, 2.24) is 0 Å². The number of thiocarbonyl (C=S) groups is 1. The topological polar surface area (TPSA) is 52.0 Å². The second-order valence-corrected chi connectivity index (χ2v) is 4.54. The number of nitrogens with two attached hydrogens (primary N) is 2. The zero-order valence-electron chi connectivity index (χ0n) is 6.59. The van der Waals surface area contributed by atoms with Crippen molar-refractivity contribution in [1.29, 1.82) is 0 Å². The summed E-state index contributed by atoms with van der Waals surface area (Å²) in [5.41, 5.74) is 13.7. The van der Waals surface area contributed by atoms with Crippen molar-refractivity contribution in [2.45, 2.75) is 19.3 Å². The molecule has 4 heteroatoms. The van der Waals surface area contributed by atoms with E-state index in [9.17, 15) is 0 Å². The Bertz CT molecular complexity index is 341. The van der Waals surface area contributed by atoms with Gasteiger partial charge < -0.3 is 11.5 Å². The lowest BCUT2D eigenvalue weighted by Gasteiger charge is -1.98. The zero-order chi connectivity index (χ0) is 8.72. The Kier molecular flexibility index (Phi) is 1.81. The van der Waals surface area contributed by atoms with Gasteiger partial charge in [0.25, 0.3) is 0 Å². The molecule has 4 N–H and O–H groups in total. The van der Waals surface area contributed by atoms with E-state index in [1.807, 2.05) is 0 Å². The monoisotopic (exact) mass is 198 g/mol. The Balaban J connectivity index is 2.59. The van der Waals surface area contributed by atoms with E-state index < -0.39 is 0 Å². The highest BCUT2D eigenvalue weighted by atomic mass is 32.1. The summed E-state index contributed by atoms with van der Waals surface area (Å²) >= 11 is 6.59. The van der Waals surface area contributed by atoms with E-state index in [1.54, 1.807) is 11.3 Å². The summed E-state index contributed by atoms with van der Waals surface area (Å²) in [5, 5.41) is 0.798. The average Bonchev–Trinajstić information content (AvgIpc) is 2.44. The molecule has 0 saturated carbocycles. The Morgan fingerprint density at radius 3 is 2.83 bits per heavy atom. The molecule has 1 aliphatic carbocycles. The van der Waals surface area contributed by atoms with Gasteiger partial charge in [-0.15, -0.1) is 11.3 Å². The standard InChI is InChI=1S/C8H10N2S2/c9-7(11)6-4-2-1-3-5(4)12-8(6)10/h1-3,10H2,(H2,9,11). The summed E-state index contributed by atoms with van der Waals surface area (Å²) in [6, 6.07) is 0. The number of fused-ring (bicyclic) bond motifs is 1. The van der Waals surface area contributed by atoms with Crippen LogP contribution in [-0.4, -0.2) is 4.99 Å². The van der Waals surface area contributed by atoms with Crippen molar-refractivity contribution < 1.29 is 0 Å². The number of rotatable bonds is 1. The lowest BCUT2D eigenvalue weighted by Crippen LogP contribution is -2.12. The number of hydrogen-bond donors (Lipinski definition) is 2. The van der Waals surface area contributed by atoms with Crippen LogP contribution in [0, 0.1) is 0 Å². The first-order valence-corrected chi connectivity index (χ1v) is 5.12. The highest BCUT2D eigenvalue weighted by Gasteiger charge is 2.21. The first-order valence-electron chi connectivity index (χ1n) is 3.90. The van der Waals surface area contributed by atoms with Gasteiger partial charge in [-0.3, -0.25) is 0 Å². The van der Waals surface area contributed by atoms with Gasteiger partial charge >= 0.3 is 0 Å². The number of anilines is 1.